The van der Waals surface area contributed by atoms with E-state index in [-0.39, 0.29) is 24.3 Å². The molecule has 4 saturated heterocycles. The number of benzene rings is 1. The summed E-state index contributed by atoms with van der Waals surface area (Å²) in [6.07, 6.45) is 9.66. The van der Waals surface area contributed by atoms with Crippen molar-refractivity contribution in [2.75, 3.05) is 24.5 Å². The van der Waals surface area contributed by atoms with E-state index in [1.165, 1.54) is 42.7 Å². The van der Waals surface area contributed by atoms with Gasteiger partial charge in [-0.05, 0) is 74.1 Å². The minimum atomic E-state index is -0.807. The average molecular weight is 491 g/mol. The molecule has 1 aromatic rings. The molecule has 7 nitrogen and oxygen atoms in total. The number of nitrogens with zero attached hydrogens (tertiary/aromatic N) is 3. The van der Waals surface area contributed by atoms with E-state index >= 15 is 0 Å². The lowest BCUT2D eigenvalue weighted by atomic mass is 9.68. The van der Waals surface area contributed by atoms with Crippen LogP contribution >= 0.6 is 0 Å². The van der Waals surface area contributed by atoms with Crippen LogP contribution in [0.3, 0.4) is 0 Å². The highest BCUT2D eigenvalue weighted by atomic mass is 16.2. The quantitative estimate of drug-likeness (QED) is 0.511. The van der Waals surface area contributed by atoms with Gasteiger partial charge >= 0.3 is 6.03 Å². The third kappa shape index (κ3) is 4.05. The molecular weight excluding hydrogens is 452 g/mol. The summed E-state index contributed by atoms with van der Waals surface area (Å²) in [5, 5.41) is 2.78. The number of carbonyl (C=O) groups excluding carboxylic acids is 3. The average Bonchev–Trinajstić information content (AvgIpc) is 3.16. The standard InChI is InChI=1S/C29H38N4O3/c1-18(2)19-8-10-23(11-9-19)33-28(35)24(30-29(33)36)16-26(34)32-13-5-6-20-14-21-15-22(27(20)32)17-31-12-4-3-7-25(21)31/h8-11,14,18,21-22,24-25,27H,3-7,12-13,15-17H2,1-2H3,(H,30,36)/t21-,22-,24-,25+,27+/m1/s1. The number of piperidine rings is 3. The van der Waals surface area contributed by atoms with Crippen LogP contribution < -0.4 is 10.2 Å². The minimum absolute atomic E-state index is 0.0135. The molecule has 4 amide bonds. The second-order valence-electron chi connectivity index (χ2n) is 11.7. The van der Waals surface area contributed by atoms with Gasteiger partial charge in [0.15, 0.2) is 0 Å². The first-order valence-corrected chi connectivity index (χ1v) is 13.9. The van der Waals surface area contributed by atoms with Gasteiger partial charge in [-0.25, -0.2) is 9.69 Å². The molecule has 4 heterocycles. The smallest absolute Gasteiger partial charge is 0.329 e. The maximum absolute atomic E-state index is 13.6. The fraction of sp³-hybridized carbons (Fsp3) is 0.621. The van der Waals surface area contributed by atoms with Gasteiger partial charge in [0.2, 0.25) is 5.91 Å². The van der Waals surface area contributed by atoms with Crippen molar-refractivity contribution in [1.82, 2.24) is 15.1 Å². The number of rotatable bonds is 4. The molecule has 1 aromatic carbocycles. The summed E-state index contributed by atoms with van der Waals surface area (Å²) in [7, 11) is 0. The van der Waals surface area contributed by atoms with Gasteiger partial charge in [-0.3, -0.25) is 14.5 Å². The summed E-state index contributed by atoms with van der Waals surface area (Å²) in [4.78, 5) is 45.5. The lowest BCUT2D eigenvalue weighted by Crippen LogP contribution is -2.60. The molecule has 192 valence electrons. The van der Waals surface area contributed by atoms with Gasteiger partial charge < -0.3 is 10.2 Å². The van der Waals surface area contributed by atoms with E-state index in [1.54, 1.807) is 0 Å². The van der Waals surface area contributed by atoms with Crippen molar-refractivity contribution in [3.05, 3.63) is 41.5 Å². The number of hydrogen-bond donors (Lipinski definition) is 1. The van der Waals surface area contributed by atoms with E-state index in [4.69, 9.17) is 0 Å². The fourth-order valence-electron chi connectivity index (χ4n) is 7.47. The number of amides is 4. The van der Waals surface area contributed by atoms with Crippen LogP contribution in [0.2, 0.25) is 0 Å². The third-order valence-corrected chi connectivity index (χ3v) is 9.19. The maximum atomic E-state index is 13.6. The summed E-state index contributed by atoms with van der Waals surface area (Å²) in [5.74, 6) is 1.11. The minimum Gasteiger partial charge on any atom is -0.336 e. The lowest BCUT2D eigenvalue weighted by Gasteiger charge is -2.54. The van der Waals surface area contributed by atoms with E-state index in [1.807, 2.05) is 29.2 Å². The summed E-state index contributed by atoms with van der Waals surface area (Å²) in [5.41, 5.74) is 3.14. The van der Waals surface area contributed by atoms with E-state index in [0.29, 0.717) is 29.5 Å². The van der Waals surface area contributed by atoms with Crippen LogP contribution in [0, 0.1) is 11.8 Å². The molecule has 4 aliphatic heterocycles. The molecule has 36 heavy (non-hydrogen) atoms. The normalized spacial score (nSPS) is 32.2. The fourth-order valence-corrected chi connectivity index (χ4v) is 7.47. The first-order chi connectivity index (χ1) is 17.4. The van der Waals surface area contributed by atoms with Crippen molar-refractivity contribution < 1.29 is 14.4 Å². The first kappa shape index (κ1) is 23.7. The Labute approximate surface area is 213 Å². The molecule has 0 radical (unpaired) electrons. The number of imide groups is 1. The van der Waals surface area contributed by atoms with Gasteiger partial charge in [0.05, 0.1) is 18.2 Å². The second kappa shape index (κ2) is 9.33. The van der Waals surface area contributed by atoms with Crippen LogP contribution in [0.1, 0.15) is 70.3 Å². The Hall–Kier alpha value is -2.67. The highest BCUT2D eigenvalue weighted by molar-refractivity contribution is 6.22. The molecule has 1 N–H and O–H groups in total. The highest BCUT2D eigenvalue weighted by Crippen LogP contribution is 2.45. The molecule has 0 aromatic heterocycles. The van der Waals surface area contributed by atoms with Gasteiger partial charge in [-0.1, -0.05) is 44.1 Å². The summed E-state index contributed by atoms with van der Waals surface area (Å²) in [6, 6.07) is 7.11. The first-order valence-electron chi connectivity index (χ1n) is 13.9. The molecule has 0 unspecified atom stereocenters. The SMILES string of the molecule is CC(C)c1ccc(N2C(=O)N[C@H](CC(=O)N3CCCC4=C[C@@H]5C[C@H](CN6CCCC[C@@H]56)[C@H]43)C2=O)cc1. The molecule has 6 rings (SSSR count). The van der Waals surface area contributed by atoms with Crippen LogP contribution in [-0.4, -0.2) is 65.4 Å². The number of carbonyl (C=O) groups is 3. The molecular formula is C29H38N4O3. The van der Waals surface area contributed by atoms with Crippen LogP contribution in [-0.2, 0) is 9.59 Å². The Morgan fingerprint density at radius 3 is 2.67 bits per heavy atom. The van der Waals surface area contributed by atoms with Crippen molar-refractivity contribution in [1.29, 1.82) is 0 Å². The molecule has 2 bridgehead atoms. The number of urea groups is 1. The molecule has 4 fully saturated rings. The Morgan fingerprint density at radius 2 is 1.89 bits per heavy atom. The molecule has 0 spiro atoms. The van der Waals surface area contributed by atoms with E-state index < -0.39 is 12.1 Å². The largest absolute Gasteiger partial charge is 0.336 e. The summed E-state index contributed by atoms with van der Waals surface area (Å²) >= 11 is 0. The highest BCUT2D eigenvalue weighted by Gasteiger charge is 2.48. The molecule has 7 heteroatoms. The number of anilines is 1. The van der Waals surface area contributed by atoms with Crippen molar-refractivity contribution in [2.24, 2.45) is 11.8 Å². The number of fused-ring (bicyclic) bond motifs is 6. The zero-order chi connectivity index (χ0) is 25.0. The maximum Gasteiger partial charge on any atom is 0.329 e. The van der Waals surface area contributed by atoms with Crippen LogP contribution in [0.4, 0.5) is 10.5 Å². The number of nitrogens with one attached hydrogen (secondary N) is 1. The van der Waals surface area contributed by atoms with Gasteiger partial charge in [0.1, 0.15) is 6.04 Å². The van der Waals surface area contributed by atoms with E-state index in [2.05, 4.69) is 30.1 Å². The van der Waals surface area contributed by atoms with Crippen molar-refractivity contribution in [3.8, 4) is 0 Å². The summed E-state index contributed by atoms with van der Waals surface area (Å²) in [6.45, 7) is 7.21. The van der Waals surface area contributed by atoms with Gasteiger partial charge in [0.25, 0.3) is 5.91 Å². The predicted octanol–water partition coefficient (Wildman–Crippen LogP) is 4.05. The molecule has 5 aliphatic rings. The number of likely N-dealkylation sites (tertiary alicyclic amines) is 1. The Morgan fingerprint density at radius 1 is 1.08 bits per heavy atom. The Kier molecular flexibility index (Phi) is 6.14. The lowest BCUT2D eigenvalue weighted by molar-refractivity contribution is -0.138. The third-order valence-electron chi connectivity index (χ3n) is 9.19. The van der Waals surface area contributed by atoms with Crippen molar-refractivity contribution in [2.45, 2.75) is 82.8 Å². The Bertz CT molecular complexity index is 1080. The molecule has 5 atom stereocenters. The zero-order valence-corrected chi connectivity index (χ0v) is 21.5. The van der Waals surface area contributed by atoms with Crippen molar-refractivity contribution >= 4 is 23.5 Å². The van der Waals surface area contributed by atoms with E-state index in [9.17, 15) is 14.4 Å². The van der Waals surface area contributed by atoms with Crippen molar-refractivity contribution in [3.63, 3.8) is 0 Å². The summed E-state index contributed by atoms with van der Waals surface area (Å²) < 4.78 is 0. The van der Waals surface area contributed by atoms with Gasteiger partial charge in [0, 0.05) is 19.1 Å². The number of hydrogen-bond acceptors (Lipinski definition) is 4. The monoisotopic (exact) mass is 490 g/mol. The van der Waals surface area contributed by atoms with Crippen LogP contribution in [0.5, 0.6) is 0 Å². The van der Waals surface area contributed by atoms with Crippen LogP contribution in [0.15, 0.2) is 35.9 Å². The van der Waals surface area contributed by atoms with Gasteiger partial charge in [-0.15, -0.1) is 0 Å². The topological polar surface area (TPSA) is 73.0 Å². The van der Waals surface area contributed by atoms with E-state index in [0.717, 1.165) is 31.5 Å². The second-order valence-corrected chi connectivity index (χ2v) is 11.7. The predicted molar refractivity (Wildman–Crippen MR) is 139 cm³/mol. The van der Waals surface area contributed by atoms with Gasteiger partial charge in [-0.2, -0.15) is 0 Å². The van der Waals surface area contributed by atoms with Crippen LogP contribution in [0.25, 0.3) is 0 Å². The zero-order valence-electron chi connectivity index (χ0n) is 21.5. The molecule has 1 aliphatic carbocycles. The molecule has 0 saturated carbocycles. The Balaban J connectivity index is 1.17.